The van der Waals surface area contributed by atoms with Gasteiger partial charge in [-0.15, -0.1) is 12.4 Å². The quantitative estimate of drug-likeness (QED) is 0.511. The molecule has 0 aliphatic carbocycles. The second kappa shape index (κ2) is 15.3. The molecular formula is C14H29ClN2O2. The number of hydrogen-bond donors (Lipinski definition) is 2. The Bertz CT molecular complexity index is 211. The first-order valence-electron chi connectivity index (χ1n) is 7.19. The fraction of sp³-hybridized carbons (Fsp3) is 0.857. The van der Waals surface area contributed by atoms with Crippen molar-refractivity contribution in [3.8, 4) is 0 Å². The third kappa shape index (κ3) is 19.7. The Morgan fingerprint density at radius 3 is 0.947 bits per heavy atom. The van der Waals surface area contributed by atoms with E-state index >= 15 is 0 Å². The van der Waals surface area contributed by atoms with E-state index in [1.807, 2.05) is 0 Å². The summed E-state index contributed by atoms with van der Waals surface area (Å²) in [6.45, 7) is 0. The number of unbranched alkanes of at least 4 members (excludes halogenated alkanes) is 9. The molecule has 0 rings (SSSR count). The average molecular weight is 293 g/mol. The van der Waals surface area contributed by atoms with Gasteiger partial charge in [-0.3, -0.25) is 9.59 Å². The smallest absolute Gasteiger partial charge is 0.217 e. The Morgan fingerprint density at radius 2 is 0.737 bits per heavy atom. The van der Waals surface area contributed by atoms with Crippen LogP contribution >= 0.6 is 12.4 Å². The summed E-state index contributed by atoms with van der Waals surface area (Å²) in [5.74, 6) is -0.378. The lowest BCUT2D eigenvalue weighted by atomic mass is 10.1. The summed E-state index contributed by atoms with van der Waals surface area (Å²) in [4.78, 5) is 21.0. The van der Waals surface area contributed by atoms with Crippen molar-refractivity contribution in [3.05, 3.63) is 0 Å². The molecule has 0 heterocycles. The average Bonchev–Trinajstić information content (AvgIpc) is 2.29. The highest BCUT2D eigenvalue weighted by atomic mass is 35.5. The number of halogens is 1. The standard InChI is InChI=1S/C14H28N2O2.ClH/c15-13(17)11-9-7-5-3-1-2-4-6-8-10-12-14(16)18;/h1-12H2,(H2,15,17)(H2,16,18);1H. The molecule has 0 aromatic heterocycles. The van der Waals surface area contributed by atoms with E-state index in [1.165, 1.54) is 38.5 Å². The van der Waals surface area contributed by atoms with E-state index in [0.29, 0.717) is 12.8 Å². The summed E-state index contributed by atoms with van der Waals surface area (Å²) in [7, 11) is 0. The third-order valence-electron chi connectivity index (χ3n) is 3.10. The van der Waals surface area contributed by atoms with E-state index in [9.17, 15) is 9.59 Å². The van der Waals surface area contributed by atoms with Crippen molar-refractivity contribution in [1.29, 1.82) is 0 Å². The largest absolute Gasteiger partial charge is 0.370 e. The molecule has 0 bridgehead atoms. The topological polar surface area (TPSA) is 86.2 Å². The minimum absolute atomic E-state index is 0. The van der Waals surface area contributed by atoms with E-state index in [0.717, 1.165) is 25.7 Å². The van der Waals surface area contributed by atoms with Crippen molar-refractivity contribution in [3.63, 3.8) is 0 Å². The van der Waals surface area contributed by atoms with Crippen LogP contribution in [0.25, 0.3) is 0 Å². The summed E-state index contributed by atoms with van der Waals surface area (Å²) in [6.07, 6.45) is 12.6. The van der Waals surface area contributed by atoms with Crippen LogP contribution < -0.4 is 11.5 Å². The van der Waals surface area contributed by atoms with Crippen molar-refractivity contribution < 1.29 is 9.59 Å². The van der Waals surface area contributed by atoms with Gasteiger partial charge in [0.2, 0.25) is 11.8 Å². The molecular weight excluding hydrogens is 264 g/mol. The molecule has 0 aromatic carbocycles. The van der Waals surface area contributed by atoms with E-state index in [2.05, 4.69) is 0 Å². The van der Waals surface area contributed by atoms with E-state index < -0.39 is 0 Å². The maximum atomic E-state index is 10.5. The molecule has 114 valence electrons. The van der Waals surface area contributed by atoms with Gasteiger partial charge in [-0.05, 0) is 12.8 Å². The minimum atomic E-state index is -0.189. The number of hydrogen-bond acceptors (Lipinski definition) is 2. The summed E-state index contributed by atoms with van der Waals surface area (Å²) in [6, 6.07) is 0. The normalized spacial score (nSPS) is 9.89. The molecule has 0 saturated heterocycles. The SMILES string of the molecule is Cl.NC(=O)CCCCCCCCCCCCC(N)=O. The van der Waals surface area contributed by atoms with Gasteiger partial charge in [-0.2, -0.15) is 0 Å². The number of primary amides is 2. The summed E-state index contributed by atoms with van der Waals surface area (Å²) in [5, 5.41) is 0. The first-order valence-corrected chi connectivity index (χ1v) is 7.19. The predicted octanol–water partition coefficient (Wildman–Crippen LogP) is 3.06. The Labute approximate surface area is 123 Å². The Kier molecular flexibility index (Phi) is 16.5. The van der Waals surface area contributed by atoms with Gasteiger partial charge in [0.1, 0.15) is 0 Å². The maximum Gasteiger partial charge on any atom is 0.217 e. The molecule has 0 aromatic rings. The Morgan fingerprint density at radius 1 is 0.526 bits per heavy atom. The third-order valence-corrected chi connectivity index (χ3v) is 3.10. The van der Waals surface area contributed by atoms with Crippen molar-refractivity contribution in [2.75, 3.05) is 0 Å². The zero-order valence-corrected chi connectivity index (χ0v) is 12.7. The molecule has 19 heavy (non-hydrogen) atoms. The van der Waals surface area contributed by atoms with Gasteiger partial charge < -0.3 is 11.5 Å². The van der Waals surface area contributed by atoms with Crippen molar-refractivity contribution in [2.45, 2.75) is 77.0 Å². The van der Waals surface area contributed by atoms with Crippen LogP contribution in [0.5, 0.6) is 0 Å². The molecule has 0 spiro atoms. The van der Waals surface area contributed by atoms with Crippen LogP contribution in [0.1, 0.15) is 77.0 Å². The van der Waals surface area contributed by atoms with Crippen LogP contribution in [0.4, 0.5) is 0 Å². The monoisotopic (exact) mass is 292 g/mol. The summed E-state index contributed by atoms with van der Waals surface area (Å²) in [5.41, 5.74) is 10.1. The molecule has 2 amide bonds. The molecule has 4 N–H and O–H groups in total. The van der Waals surface area contributed by atoms with Gasteiger partial charge in [-0.25, -0.2) is 0 Å². The van der Waals surface area contributed by atoms with Crippen LogP contribution in [-0.4, -0.2) is 11.8 Å². The molecule has 0 atom stereocenters. The molecule has 5 heteroatoms. The van der Waals surface area contributed by atoms with Crippen molar-refractivity contribution in [2.24, 2.45) is 11.5 Å². The van der Waals surface area contributed by atoms with Gasteiger partial charge in [0.05, 0.1) is 0 Å². The van der Waals surface area contributed by atoms with Crippen LogP contribution in [0.2, 0.25) is 0 Å². The number of carbonyl (C=O) groups is 2. The number of rotatable bonds is 13. The van der Waals surface area contributed by atoms with Crippen LogP contribution in [-0.2, 0) is 9.59 Å². The Hall–Kier alpha value is -0.770. The van der Waals surface area contributed by atoms with Crippen molar-refractivity contribution >= 4 is 24.2 Å². The lowest BCUT2D eigenvalue weighted by molar-refractivity contribution is -0.119. The predicted molar refractivity (Wildman–Crippen MR) is 81.0 cm³/mol. The van der Waals surface area contributed by atoms with Gasteiger partial charge in [0.15, 0.2) is 0 Å². The van der Waals surface area contributed by atoms with Crippen LogP contribution in [0.3, 0.4) is 0 Å². The highest BCUT2D eigenvalue weighted by Gasteiger charge is 1.96. The van der Waals surface area contributed by atoms with Gasteiger partial charge >= 0.3 is 0 Å². The zero-order valence-electron chi connectivity index (χ0n) is 11.9. The molecule has 0 radical (unpaired) electrons. The van der Waals surface area contributed by atoms with Gasteiger partial charge in [-0.1, -0.05) is 51.4 Å². The zero-order chi connectivity index (χ0) is 13.6. The molecule has 0 fully saturated rings. The highest BCUT2D eigenvalue weighted by Crippen LogP contribution is 2.11. The molecule has 0 unspecified atom stereocenters. The number of amides is 2. The summed E-state index contributed by atoms with van der Waals surface area (Å²) < 4.78 is 0. The van der Waals surface area contributed by atoms with Gasteiger partial charge in [0.25, 0.3) is 0 Å². The fourth-order valence-corrected chi connectivity index (χ4v) is 2.01. The fourth-order valence-electron chi connectivity index (χ4n) is 2.01. The van der Waals surface area contributed by atoms with E-state index in [4.69, 9.17) is 11.5 Å². The maximum absolute atomic E-state index is 10.5. The van der Waals surface area contributed by atoms with E-state index in [-0.39, 0.29) is 24.2 Å². The molecule has 4 nitrogen and oxygen atoms in total. The number of nitrogens with two attached hydrogens (primary N) is 2. The number of carbonyl (C=O) groups excluding carboxylic acids is 2. The first kappa shape index (κ1) is 20.5. The van der Waals surface area contributed by atoms with E-state index in [1.54, 1.807) is 0 Å². The highest BCUT2D eigenvalue weighted by molar-refractivity contribution is 5.85. The first-order chi connectivity index (χ1) is 8.63. The lowest BCUT2D eigenvalue weighted by Crippen LogP contribution is -2.09. The molecule has 0 saturated carbocycles. The van der Waals surface area contributed by atoms with Gasteiger partial charge in [0, 0.05) is 12.8 Å². The molecule has 0 aliphatic heterocycles. The minimum Gasteiger partial charge on any atom is -0.370 e. The second-order valence-corrected chi connectivity index (χ2v) is 4.97. The second-order valence-electron chi connectivity index (χ2n) is 4.97. The van der Waals surface area contributed by atoms with Crippen LogP contribution in [0, 0.1) is 0 Å². The van der Waals surface area contributed by atoms with Crippen molar-refractivity contribution in [1.82, 2.24) is 0 Å². The van der Waals surface area contributed by atoms with Crippen LogP contribution in [0.15, 0.2) is 0 Å². The summed E-state index contributed by atoms with van der Waals surface area (Å²) >= 11 is 0. The Balaban J connectivity index is 0. The molecule has 0 aliphatic rings. The lowest BCUT2D eigenvalue weighted by Gasteiger charge is -2.02.